The number of hydrogen-bond acceptors (Lipinski definition) is 2. The second-order valence-electron chi connectivity index (χ2n) is 3.67. The molecule has 2 aromatic rings. The van der Waals surface area contributed by atoms with Gasteiger partial charge in [0.25, 0.3) is 0 Å². The van der Waals surface area contributed by atoms with Gasteiger partial charge in [-0.2, -0.15) is 0 Å². The summed E-state index contributed by atoms with van der Waals surface area (Å²) < 4.78 is 18.9. The van der Waals surface area contributed by atoms with Gasteiger partial charge in [0.1, 0.15) is 11.6 Å². The van der Waals surface area contributed by atoms with E-state index in [1.807, 2.05) is 0 Å². The third-order valence-corrected chi connectivity index (χ3v) is 2.61. The van der Waals surface area contributed by atoms with E-state index in [4.69, 9.17) is 9.84 Å². The van der Waals surface area contributed by atoms with Crippen molar-refractivity contribution in [3.63, 3.8) is 0 Å². The largest absolute Gasteiger partial charge is 0.496 e. The Kier molecular flexibility index (Phi) is 3.40. The molecule has 2 rings (SSSR count). The van der Waals surface area contributed by atoms with Crippen LogP contribution in [-0.4, -0.2) is 12.2 Å². The molecule has 0 heterocycles. The van der Waals surface area contributed by atoms with E-state index in [-0.39, 0.29) is 12.4 Å². The number of aliphatic hydroxyl groups excluding tert-OH is 1. The molecular weight excluding hydrogens is 219 g/mol. The van der Waals surface area contributed by atoms with Crippen LogP contribution in [0.25, 0.3) is 11.1 Å². The second kappa shape index (κ2) is 4.97. The van der Waals surface area contributed by atoms with Gasteiger partial charge in [-0.05, 0) is 23.8 Å². The minimum absolute atomic E-state index is 0.0779. The maximum Gasteiger partial charge on any atom is 0.131 e. The van der Waals surface area contributed by atoms with Crippen LogP contribution < -0.4 is 4.74 Å². The number of halogens is 1. The van der Waals surface area contributed by atoms with Crippen molar-refractivity contribution in [2.24, 2.45) is 0 Å². The number of aliphatic hydroxyl groups is 1. The molecule has 0 atom stereocenters. The van der Waals surface area contributed by atoms with Crippen LogP contribution in [0.1, 0.15) is 5.56 Å². The van der Waals surface area contributed by atoms with Gasteiger partial charge >= 0.3 is 0 Å². The van der Waals surface area contributed by atoms with Gasteiger partial charge in [0.15, 0.2) is 0 Å². The average molecular weight is 232 g/mol. The van der Waals surface area contributed by atoms with Crippen molar-refractivity contribution < 1.29 is 14.2 Å². The topological polar surface area (TPSA) is 29.5 Å². The van der Waals surface area contributed by atoms with Gasteiger partial charge in [-0.3, -0.25) is 0 Å². The van der Waals surface area contributed by atoms with Gasteiger partial charge in [0, 0.05) is 11.1 Å². The van der Waals surface area contributed by atoms with Crippen molar-refractivity contribution in [3.8, 4) is 16.9 Å². The van der Waals surface area contributed by atoms with Crippen LogP contribution in [0.5, 0.6) is 5.75 Å². The summed E-state index contributed by atoms with van der Waals surface area (Å²) in [5.74, 6) is 0.285. The molecule has 0 aromatic heterocycles. The maximum absolute atomic E-state index is 13.7. The number of benzene rings is 2. The molecule has 0 radical (unpaired) electrons. The third-order valence-electron chi connectivity index (χ3n) is 2.61. The molecule has 1 N–H and O–H groups in total. The zero-order valence-corrected chi connectivity index (χ0v) is 9.48. The van der Waals surface area contributed by atoms with Crippen LogP contribution >= 0.6 is 0 Å². The molecule has 2 aromatic carbocycles. The monoisotopic (exact) mass is 232 g/mol. The van der Waals surface area contributed by atoms with E-state index in [0.29, 0.717) is 16.9 Å². The predicted molar refractivity (Wildman–Crippen MR) is 64.3 cm³/mol. The van der Waals surface area contributed by atoms with E-state index < -0.39 is 0 Å². The zero-order chi connectivity index (χ0) is 12.3. The lowest BCUT2D eigenvalue weighted by Gasteiger charge is -2.10. The molecule has 17 heavy (non-hydrogen) atoms. The van der Waals surface area contributed by atoms with Crippen molar-refractivity contribution in [3.05, 3.63) is 53.8 Å². The fraction of sp³-hybridized carbons (Fsp3) is 0.143. The minimum atomic E-state index is -0.305. The third kappa shape index (κ3) is 2.29. The van der Waals surface area contributed by atoms with E-state index >= 15 is 0 Å². The Balaban J connectivity index is 2.60. The molecule has 0 bridgehead atoms. The quantitative estimate of drug-likeness (QED) is 0.881. The van der Waals surface area contributed by atoms with Gasteiger partial charge in [0.05, 0.1) is 13.7 Å². The van der Waals surface area contributed by atoms with Crippen molar-refractivity contribution in [2.75, 3.05) is 7.11 Å². The summed E-state index contributed by atoms with van der Waals surface area (Å²) in [4.78, 5) is 0. The molecule has 0 amide bonds. The molecule has 2 nitrogen and oxygen atoms in total. The van der Waals surface area contributed by atoms with Crippen molar-refractivity contribution in [1.29, 1.82) is 0 Å². The fourth-order valence-corrected chi connectivity index (χ4v) is 1.74. The summed E-state index contributed by atoms with van der Waals surface area (Å²) in [5, 5.41) is 9.11. The van der Waals surface area contributed by atoms with E-state index in [9.17, 15) is 4.39 Å². The molecule has 0 aliphatic rings. The van der Waals surface area contributed by atoms with Crippen LogP contribution in [0.3, 0.4) is 0 Å². The van der Waals surface area contributed by atoms with Crippen molar-refractivity contribution in [2.45, 2.75) is 6.61 Å². The second-order valence-corrected chi connectivity index (χ2v) is 3.67. The summed E-state index contributed by atoms with van der Waals surface area (Å²) in [6.45, 7) is -0.0779. The Morgan fingerprint density at radius 1 is 1.12 bits per heavy atom. The normalized spacial score (nSPS) is 10.3. The van der Waals surface area contributed by atoms with Gasteiger partial charge < -0.3 is 9.84 Å². The van der Waals surface area contributed by atoms with Crippen LogP contribution in [0.4, 0.5) is 4.39 Å². The number of methoxy groups -OCH3 is 1. The Hall–Kier alpha value is -1.87. The molecule has 0 saturated carbocycles. The van der Waals surface area contributed by atoms with Gasteiger partial charge in [-0.25, -0.2) is 4.39 Å². The molecule has 0 unspecified atom stereocenters. The Bertz CT molecular complexity index is 523. The summed E-state index contributed by atoms with van der Waals surface area (Å²) >= 11 is 0. The summed E-state index contributed by atoms with van der Waals surface area (Å²) in [5.41, 5.74) is 1.85. The SMILES string of the molecule is COc1ccc(CO)cc1-c1ccccc1F. The number of ether oxygens (including phenoxy) is 1. The first-order valence-electron chi connectivity index (χ1n) is 5.29. The Morgan fingerprint density at radius 2 is 1.88 bits per heavy atom. The highest BCUT2D eigenvalue weighted by atomic mass is 19.1. The van der Waals surface area contributed by atoms with Gasteiger partial charge in [0.2, 0.25) is 0 Å². The average Bonchev–Trinajstić information content (AvgIpc) is 2.38. The Morgan fingerprint density at radius 3 is 2.53 bits per heavy atom. The van der Waals surface area contributed by atoms with Crippen molar-refractivity contribution >= 4 is 0 Å². The van der Waals surface area contributed by atoms with E-state index in [1.165, 1.54) is 13.2 Å². The Labute approximate surface area is 99.3 Å². The van der Waals surface area contributed by atoms with Crippen LogP contribution in [-0.2, 0) is 6.61 Å². The smallest absolute Gasteiger partial charge is 0.131 e. The van der Waals surface area contributed by atoms with Gasteiger partial charge in [-0.15, -0.1) is 0 Å². The summed E-state index contributed by atoms with van der Waals surface area (Å²) in [6, 6.07) is 11.7. The first-order chi connectivity index (χ1) is 8.26. The lowest BCUT2D eigenvalue weighted by molar-refractivity contribution is 0.281. The lowest BCUT2D eigenvalue weighted by Crippen LogP contribution is -1.92. The van der Waals surface area contributed by atoms with Crippen LogP contribution in [0, 0.1) is 5.82 Å². The first kappa shape index (κ1) is 11.6. The molecule has 0 spiro atoms. The molecule has 3 heteroatoms. The standard InChI is InChI=1S/C14H13FO2/c1-17-14-7-6-10(9-16)8-12(14)11-4-2-3-5-13(11)15/h2-8,16H,9H2,1H3. The van der Waals surface area contributed by atoms with Crippen molar-refractivity contribution in [1.82, 2.24) is 0 Å². The molecule has 0 aliphatic heterocycles. The van der Waals surface area contributed by atoms with Gasteiger partial charge in [-0.1, -0.05) is 24.3 Å². The summed E-state index contributed by atoms with van der Waals surface area (Å²) in [7, 11) is 1.54. The summed E-state index contributed by atoms with van der Waals surface area (Å²) in [6.07, 6.45) is 0. The van der Waals surface area contributed by atoms with E-state index in [0.717, 1.165) is 5.56 Å². The number of hydrogen-bond donors (Lipinski definition) is 1. The molecule has 88 valence electrons. The highest BCUT2D eigenvalue weighted by Crippen LogP contribution is 2.32. The highest BCUT2D eigenvalue weighted by molar-refractivity contribution is 5.71. The molecule has 0 fully saturated rings. The molecule has 0 saturated heterocycles. The number of rotatable bonds is 3. The molecule has 0 aliphatic carbocycles. The van der Waals surface area contributed by atoms with Crippen LogP contribution in [0.15, 0.2) is 42.5 Å². The minimum Gasteiger partial charge on any atom is -0.496 e. The highest BCUT2D eigenvalue weighted by Gasteiger charge is 2.10. The lowest BCUT2D eigenvalue weighted by atomic mass is 10.0. The van der Waals surface area contributed by atoms with Crippen LogP contribution in [0.2, 0.25) is 0 Å². The zero-order valence-electron chi connectivity index (χ0n) is 9.48. The first-order valence-corrected chi connectivity index (χ1v) is 5.29. The fourth-order valence-electron chi connectivity index (χ4n) is 1.74. The van der Waals surface area contributed by atoms with E-state index in [2.05, 4.69) is 0 Å². The van der Waals surface area contributed by atoms with E-state index in [1.54, 1.807) is 36.4 Å². The predicted octanol–water partition coefficient (Wildman–Crippen LogP) is 2.99. The molecular formula is C14H13FO2. The maximum atomic E-state index is 13.7.